The predicted molar refractivity (Wildman–Crippen MR) is 161 cm³/mol. The summed E-state index contributed by atoms with van der Waals surface area (Å²) in [4.78, 5) is 30.7. The van der Waals surface area contributed by atoms with Gasteiger partial charge < -0.3 is 35.2 Å². The highest BCUT2D eigenvalue weighted by Gasteiger charge is 2.24. The Kier molecular flexibility index (Phi) is 9.86. The number of amides is 3. The first-order valence-electron chi connectivity index (χ1n) is 13.6. The quantitative estimate of drug-likeness (QED) is 0.309. The number of hydrogen-bond acceptors (Lipinski definition) is 6. The summed E-state index contributed by atoms with van der Waals surface area (Å²) in [6.45, 7) is 8.09. The predicted octanol–water partition coefficient (Wildman–Crippen LogP) is 5.05. The second-order valence-electron chi connectivity index (χ2n) is 9.81. The topological polar surface area (TPSA) is 95.2 Å². The summed E-state index contributed by atoms with van der Waals surface area (Å²) < 4.78 is 10.7. The smallest absolute Gasteiger partial charge is 0.323 e. The number of piperazine rings is 1. The van der Waals surface area contributed by atoms with E-state index in [0.717, 1.165) is 60.1 Å². The lowest BCUT2D eigenvalue weighted by atomic mass is 10.1. The molecule has 1 heterocycles. The molecule has 9 nitrogen and oxygen atoms in total. The summed E-state index contributed by atoms with van der Waals surface area (Å²) in [5.41, 5.74) is 5.82. The van der Waals surface area contributed by atoms with E-state index in [1.165, 1.54) is 0 Å². The number of nitrogens with one attached hydrogen (secondary N) is 3. The molecule has 4 rings (SSSR count). The maximum Gasteiger partial charge on any atom is 0.323 e. The molecule has 0 saturated carbocycles. The third kappa shape index (κ3) is 7.04. The number of hydrogen-bond donors (Lipinski definition) is 3. The molecular formula is C31H39N5O4. The van der Waals surface area contributed by atoms with Crippen molar-refractivity contribution in [3.63, 3.8) is 0 Å². The molecule has 0 unspecified atom stereocenters. The molecule has 0 radical (unpaired) electrons. The Morgan fingerprint density at radius 2 is 1.57 bits per heavy atom. The summed E-state index contributed by atoms with van der Waals surface area (Å²) in [5.74, 6) is 0.665. The summed E-state index contributed by atoms with van der Waals surface area (Å²) in [5, 5.41) is 8.80. The summed E-state index contributed by atoms with van der Waals surface area (Å²) in [6.07, 6.45) is 0.714. The minimum Gasteiger partial charge on any atom is -0.495 e. The van der Waals surface area contributed by atoms with Gasteiger partial charge in [0.1, 0.15) is 5.75 Å². The summed E-state index contributed by atoms with van der Waals surface area (Å²) in [7, 11) is 3.33. The first kappa shape index (κ1) is 28.8. The third-order valence-corrected chi connectivity index (χ3v) is 7.21. The Morgan fingerprint density at radius 3 is 2.30 bits per heavy atom. The summed E-state index contributed by atoms with van der Waals surface area (Å²) in [6, 6.07) is 18.9. The van der Waals surface area contributed by atoms with E-state index in [-0.39, 0.29) is 11.9 Å². The normalized spacial score (nSPS) is 13.1. The van der Waals surface area contributed by atoms with E-state index >= 15 is 0 Å². The van der Waals surface area contributed by atoms with Crippen LogP contribution in [0.4, 0.5) is 27.5 Å². The highest BCUT2D eigenvalue weighted by Crippen LogP contribution is 2.31. The number of urea groups is 1. The van der Waals surface area contributed by atoms with Crippen LogP contribution in [0.25, 0.3) is 0 Å². The van der Waals surface area contributed by atoms with Crippen molar-refractivity contribution >= 4 is 34.7 Å². The van der Waals surface area contributed by atoms with Crippen molar-refractivity contribution in [2.75, 3.05) is 74.0 Å². The lowest BCUT2D eigenvalue weighted by Crippen LogP contribution is -2.47. The maximum absolute atomic E-state index is 13.3. The van der Waals surface area contributed by atoms with E-state index in [2.05, 4.69) is 31.8 Å². The minimum absolute atomic E-state index is 0.183. The van der Waals surface area contributed by atoms with Gasteiger partial charge in [-0.05, 0) is 67.8 Å². The lowest BCUT2D eigenvalue weighted by Gasteiger charge is -2.38. The van der Waals surface area contributed by atoms with Crippen LogP contribution < -0.4 is 30.5 Å². The van der Waals surface area contributed by atoms with Gasteiger partial charge in [-0.3, -0.25) is 4.79 Å². The summed E-state index contributed by atoms with van der Waals surface area (Å²) >= 11 is 0. The molecule has 1 aliphatic heterocycles. The zero-order valence-corrected chi connectivity index (χ0v) is 23.8. The van der Waals surface area contributed by atoms with Gasteiger partial charge in [0.15, 0.2) is 0 Å². The molecule has 9 heteroatoms. The van der Waals surface area contributed by atoms with Gasteiger partial charge in [0.2, 0.25) is 0 Å². The second-order valence-corrected chi connectivity index (χ2v) is 9.81. The van der Waals surface area contributed by atoms with Gasteiger partial charge in [0.05, 0.1) is 18.4 Å². The number of benzene rings is 3. The zero-order chi connectivity index (χ0) is 28.5. The maximum atomic E-state index is 13.3. The molecular weight excluding hydrogens is 506 g/mol. The standard InChI is InChI=1S/C31H39N5O4/c1-22-9-7-10-26(23(22)2)34-31(38)33-24-13-14-27(25(21-24)30(37)32-15-8-20-39-3)35-16-18-36(19-17-35)28-11-5-6-12-29(28)40-4/h5-7,9-14,21H,8,15-20H2,1-4H3,(H,32,37)(H2,33,34,38). The molecule has 3 N–H and O–H groups in total. The fourth-order valence-corrected chi connectivity index (χ4v) is 4.84. The van der Waals surface area contributed by atoms with Crippen LogP contribution in [0.3, 0.4) is 0 Å². The van der Waals surface area contributed by atoms with Crippen LogP contribution >= 0.6 is 0 Å². The molecule has 0 aromatic heterocycles. The van der Waals surface area contributed by atoms with Crippen LogP contribution in [-0.2, 0) is 4.74 Å². The SMILES string of the molecule is COCCCNC(=O)c1cc(NC(=O)Nc2cccc(C)c2C)ccc1N1CCN(c2ccccc2OC)CC1. The molecule has 0 atom stereocenters. The lowest BCUT2D eigenvalue weighted by molar-refractivity contribution is 0.0949. The number of rotatable bonds is 10. The Morgan fingerprint density at radius 1 is 0.850 bits per heavy atom. The van der Waals surface area contributed by atoms with Gasteiger partial charge in [-0.15, -0.1) is 0 Å². The average Bonchev–Trinajstić information content (AvgIpc) is 2.97. The van der Waals surface area contributed by atoms with Gasteiger partial charge in [-0.1, -0.05) is 24.3 Å². The molecule has 40 heavy (non-hydrogen) atoms. The molecule has 1 saturated heterocycles. The molecule has 3 amide bonds. The largest absolute Gasteiger partial charge is 0.495 e. The fraction of sp³-hybridized carbons (Fsp3) is 0.355. The number of para-hydroxylation sites is 2. The number of carbonyl (C=O) groups is 2. The van der Waals surface area contributed by atoms with Gasteiger partial charge in [-0.2, -0.15) is 0 Å². The van der Waals surface area contributed by atoms with Gasteiger partial charge in [0, 0.05) is 63.5 Å². The van der Waals surface area contributed by atoms with Crippen LogP contribution in [0, 0.1) is 13.8 Å². The van der Waals surface area contributed by atoms with E-state index < -0.39 is 0 Å². The molecule has 1 aliphatic rings. The van der Waals surface area contributed by atoms with Gasteiger partial charge in [-0.25, -0.2) is 4.79 Å². The third-order valence-electron chi connectivity index (χ3n) is 7.21. The highest BCUT2D eigenvalue weighted by molar-refractivity contribution is 6.04. The molecule has 1 fully saturated rings. The highest BCUT2D eigenvalue weighted by atomic mass is 16.5. The molecule has 0 bridgehead atoms. The van der Waals surface area contributed by atoms with Crippen molar-refractivity contribution < 1.29 is 19.1 Å². The Balaban J connectivity index is 1.50. The van der Waals surface area contributed by atoms with E-state index in [0.29, 0.717) is 30.8 Å². The van der Waals surface area contributed by atoms with Crippen LogP contribution in [0.1, 0.15) is 27.9 Å². The first-order valence-corrected chi connectivity index (χ1v) is 13.6. The van der Waals surface area contributed by atoms with Crippen LogP contribution in [-0.4, -0.2) is 65.5 Å². The Labute approximate surface area is 236 Å². The van der Waals surface area contributed by atoms with Gasteiger partial charge in [0.25, 0.3) is 5.91 Å². The molecule has 212 valence electrons. The van der Waals surface area contributed by atoms with E-state index in [1.54, 1.807) is 20.3 Å². The van der Waals surface area contributed by atoms with Gasteiger partial charge >= 0.3 is 6.03 Å². The van der Waals surface area contributed by atoms with E-state index in [1.807, 2.05) is 62.4 Å². The van der Waals surface area contributed by atoms with Crippen molar-refractivity contribution in [1.29, 1.82) is 0 Å². The number of anilines is 4. The van der Waals surface area contributed by atoms with Crippen LogP contribution in [0.5, 0.6) is 5.75 Å². The number of aryl methyl sites for hydroxylation is 1. The molecule has 0 spiro atoms. The van der Waals surface area contributed by atoms with E-state index in [4.69, 9.17) is 9.47 Å². The number of nitrogens with zero attached hydrogens (tertiary/aromatic N) is 2. The monoisotopic (exact) mass is 545 g/mol. The van der Waals surface area contributed by atoms with Crippen molar-refractivity contribution in [2.24, 2.45) is 0 Å². The first-order chi connectivity index (χ1) is 19.4. The number of carbonyl (C=O) groups excluding carboxylic acids is 2. The second kappa shape index (κ2) is 13.7. The number of methoxy groups -OCH3 is 2. The van der Waals surface area contributed by atoms with Crippen molar-refractivity contribution in [2.45, 2.75) is 20.3 Å². The molecule has 3 aromatic rings. The zero-order valence-electron chi connectivity index (χ0n) is 23.8. The average molecular weight is 546 g/mol. The van der Waals surface area contributed by atoms with Crippen LogP contribution in [0.2, 0.25) is 0 Å². The minimum atomic E-state index is -0.363. The van der Waals surface area contributed by atoms with Crippen molar-refractivity contribution in [1.82, 2.24) is 5.32 Å². The number of ether oxygens (including phenoxy) is 2. The van der Waals surface area contributed by atoms with Crippen molar-refractivity contribution in [3.05, 3.63) is 77.4 Å². The molecule has 3 aromatic carbocycles. The van der Waals surface area contributed by atoms with Crippen LogP contribution in [0.15, 0.2) is 60.7 Å². The Bertz CT molecular complexity index is 1320. The van der Waals surface area contributed by atoms with E-state index in [9.17, 15) is 9.59 Å². The van der Waals surface area contributed by atoms with Crippen molar-refractivity contribution in [3.8, 4) is 5.75 Å². The molecule has 0 aliphatic carbocycles. The Hall–Kier alpha value is -4.24. The fourth-order valence-electron chi connectivity index (χ4n) is 4.84.